The number of hydrogen-bond acceptors (Lipinski definition) is 3. The molecule has 1 aliphatic carbocycles. The Balaban J connectivity index is 2.25. The number of anilines is 1. The van der Waals surface area contributed by atoms with Crippen molar-refractivity contribution in [3.05, 3.63) is 23.9 Å². The van der Waals surface area contributed by atoms with Crippen molar-refractivity contribution >= 4 is 11.6 Å². The zero-order chi connectivity index (χ0) is 9.26. The molecule has 2 N–H and O–H groups in total. The molecule has 1 aromatic heterocycles. The van der Waals surface area contributed by atoms with Gasteiger partial charge in [-0.1, -0.05) is 6.07 Å². The maximum atomic E-state index is 11.4. The Labute approximate surface area is 77.0 Å². The third kappa shape index (κ3) is 1.54. The van der Waals surface area contributed by atoms with Gasteiger partial charge in [0.1, 0.15) is 11.6 Å². The van der Waals surface area contributed by atoms with Crippen molar-refractivity contribution in [2.45, 2.75) is 25.2 Å². The van der Waals surface area contributed by atoms with Crippen LogP contribution in [0.3, 0.4) is 0 Å². The highest BCUT2D eigenvalue weighted by Gasteiger charge is 2.25. The predicted octanol–water partition coefficient (Wildman–Crippen LogP) is 1.50. The molecule has 2 rings (SSSR count). The van der Waals surface area contributed by atoms with Gasteiger partial charge < -0.3 is 5.73 Å². The van der Waals surface area contributed by atoms with Gasteiger partial charge in [0.25, 0.3) is 0 Å². The van der Waals surface area contributed by atoms with E-state index in [0.717, 1.165) is 24.8 Å². The van der Waals surface area contributed by atoms with E-state index in [0.29, 0.717) is 11.6 Å². The third-order valence-corrected chi connectivity index (χ3v) is 2.52. The number of rotatable bonds is 1. The van der Waals surface area contributed by atoms with E-state index in [1.165, 1.54) is 0 Å². The summed E-state index contributed by atoms with van der Waals surface area (Å²) in [5, 5.41) is 0. The van der Waals surface area contributed by atoms with Crippen molar-refractivity contribution < 1.29 is 4.79 Å². The largest absolute Gasteiger partial charge is 0.384 e. The highest BCUT2D eigenvalue weighted by atomic mass is 16.1. The number of carbonyl (C=O) groups excluding carboxylic acids is 1. The van der Waals surface area contributed by atoms with Gasteiger partial charge in [0.2, 0.25) is 0 Å². The molecule has 1 saturated carbocycles. The Morgan fingerprint density at radius 3 is 2.85 bits per heavy atom. The first-order valence-electron chi connectivity index (χ1n) is 4.51. The molecule has 1 aromatic rings. The lowest BCUT2D eigenvalue weighted by molar-refractivity contribution is -0.118. The fourth-order valence-electron chi connectivity index (χ4n) is 1.79. The smallest absolute Gasteiger partial charge is 0.140 e. The minimum Gasteiger partial charge on any atom is -0.384 e. The Morgan fingerprint density at radius 2 is 2.31 bits per heavy atom. The summed E-state index contributed by atoms with van der Waals surface area (Å²) in [6.07, 6.45) is 4.40. The van der Waals surface area contributed by atoms with Crippen LogP contribution in [0.4, 0.5) is 5.82 Å². The maximum Gasteiger partial charge on any atom is 0.140 e. The van der Waals surface area contributed by atoms with Gasteiger partial charge in [0, 0.05) is 18.5 Å². The van der Waals surface area contributed by atoms with Crippen LogP contribution in [0.2, 0.25) is 0 Å². The van der Waals surface area contributed by atoms with Gasteiger partial charge in [-0.05, 0) is 24.5 Å². The van der Waals surface area contributed by atoms with E-state index in [1.54, 1.807) is 12.3 Å². The van der Waals surface area contributed by atoms with Gasteiger partial charge in [0.15, 0.2) is 0 Å². The van der Waals surface area contributed by atoms with Crippen molar-refractivity contribution in [2.24, 2.45) is 0 Å². The normalized spacial score (nSPS) is 22.2. The molecule has 1 unspecified atom stereocenters. The number of pyridine rings is 1. The number of nitrogens with zero attached hydrogens (tertiary/aromatic N) is 1. The summed E-state index contributed by atoms with van der Waals surface area (Å²) in [6, 6.07) is 3.65. The van der Waals surface area contributed by atoms with Crippen molar-refractivity contribution in [3.63, 3.8) is 0 Å². The molecule has 0 aromatic carbocycles. The van der Waals surface area contributed by atoms with Gasteiger partial charge in [-0.25, -0.2) is 4.98 Å². The molecule has 0 saturated heterocycles. The second kappa shape index (κ2) is 3.17. The number of nitrogens with two attached hydrogens (primary N) is 1. The van der Waals surface area contributed by atoms with Crippen LogP contribution in [0.15, 0.2) is 18.3 Å². The van der Waals surface area contributed by atoms with E-state index < -0.39 is 0 Å². The van der Waals surface area contributed by atoms with Crippen molar-refractivity contribution in [1.82, 2.24) is 4.98 Å². The quantitative estimate of drug-likeness (QED) is 0.705. The number of ketones is 1. The summed E-state index contributed by atoms with van der Waals surface area (Å²) in [4.78, 5) is 15.4. The molecule has 0 aliphatic heterocycles. The molecule has 13 heavy (non-hydrogen) atoms. The molecule has 1 fully saturated rings. The van der Waals surface area contributed by atoms with E-state index in [9.17, 15) is 4.79 Å². The molecule has 3 nitrogen and oxygen atoms in total. The molecule has 0 bridgehead atoms. The van der Waals surface area contributed by atoms with Gasteiger partial charge >= 0.3 is 0 Å². The molecular weight excluding hydrogens is 164 g/mol. The first-order chi connectivity index (χ1) is 6.27. The molecule has 1 aliphatic rings. The molecular formula is C10H12N2O. The summed E-state index contributed by atoms with van der Waals surface area (Å²) in [5.74, 6) is 0.925. The first-order valence-corrected chi connectivity index (χ1v) is 4.51. The topological polar surface area (TPSA) is 56.0 Å². The molecule has 68 valence electrons. The van der Waals surface area contributed by atoms with Crippen molar-refractivity contribution in [3.8, 4) is 0 Å². The van der Waals surface area contributed by atoms with E-state index >= 15 is 0 Å². The zero-order valence-corrected chi connectivity index (χ0v) is 7.36. The van der Waals surface area contributed by atoms with Crippen LogP contribution >= 0.6 is 0 Å². The Hall–Kier alpha value is -1.38. The SMILES string of the molecule is Nc1ccc(C2CCCC2=O)cn1. The van der Waals surface area contributed by atoms with Crippen LogP contribution in [0.25, 0.3) is 0 Å². The monoisotopic (exact) mass is 176 g/mol. The number of Topliss-reactive ketones (excluding diaryl/α,β-unsaturated/α-hetero) is 1. The average Bonchev–Trinajstić information content (AvgIpc) is 2.53. The van der Waals surface area contributed by atoms with E-state index in [-0.39, 0.29) is 5.92 Å². The fraction of sp³-hybridized carbons (Fsp3) is 0.400. The standard InChI is InChI=1S/C10H12N2O/c11-10-5-4-7(6-12-10)8-2-1-3-9(8)13/h4-6,8H,1-3H2,(H2,11,12). The summed E-state index contributed by atoms with van der Waals surface area (Å²) in [7, 11) is 0. The van der Waals surface area contributed by atoms with Crippen molar-refractivity contribution in [2.75, 3.05) is 5.73 Å². The molecule has 3 heteroatoms. The van der Waals surface area contributed by atoms with Crippen LogP contribution in [0.1, 0.15) is 30.7 Å². The van der Waals surface area contributed by atoms with Gasteiger partial charge in [0.05, 0.1) is 0 Å². The molecule has 0 amide bonds. The number of aromatic nitrogens is 1. The second-order valence-corrected chi connectivity index (χ2v) is 3.43. The first kappa shape index (κ1) is 8.23. The van der Waals surface area contributed by atoms with E-state index in [2.05, 4.69) is 4.98 Å². The lowest BCUT2D eigenvalue weighted by atomic mass is 9.99. The van der Waals surface area contributed by atoms with Crippen LogP contribution in [-0.2, 0) is 4.79 Å². The third-order valence-electron chi connectivity index (χ3n) is 2.52. The minimum absolute atomic E-state index is 0.0769. The highest BCUT2D eigenvalue weighted by molar-refractivity contribution is 5.87. The molecule has 1 heterocycles. The van der Waals surface area contributed by atoms with Crippen LogP contribution < -0.4 is 5.73 Å². The maximum absolute atomic E-state index is 11.4. The molecule has 0 spiro atoms. The van der Waals surface area contributed by atoms with Crippen LogP contribution in [0.5, 0.6) is 0 Å². The lowest BCUT2D eigenvalue weighted by Crippen LogP contribution is -2.04. The number of hydrogen-bond donors (Lipinski definition) is 1. The average molecular weight is 176 g/mol. The molecule has 1 atom stereocenters. The number of carbonyl (C=O) groups is 1. The molecule has 0 radical (unpaired) electrons. The van der Waals surface area contributed by atoms with Crippen molar-refractivity contribution in [1.29, 1.82) is 0 Å². The minimum atomic E-state index is 0.0769. The Morgan fingerprint density at radius 1 is 1.46 bits per heavy atom. The fourth-order valence-corrected chi connectivity index (χ4v) is 1.79. The lowest BCUT2D eigenvalue weighted by Gasteiger charge is -2.06. The summed E-state index contributed by atoms with van der Waals surface area (Å²) >= 11 is 0. The van der Waals surface area contributed by atoms with Crippen LogP contribution in [-0.4, -0.2) is 10.8 Å². The Bertz CT molecular complexity index is 318. The highest BCUT2D eigenvalue weighted by Crippen LogP contribution is 2.30. The Kier molecular flexibility index (Phi) is 2.00. The van der Waals surface area contributed by atoms with Gasteiger partial charge in [-0.15, -0.1) is 0 Å². The summed E-state index contributed by atoms with van der Waals surface area (Å²) < 4.78 is 0. The zero-order valence-electron chi connectivity index (χ0n) is 7.36. The summed E-state index contributed by atoms with van der Waals surface area (Å²) in [5.41, 5.74) is 6.47. The van der Waals surface area contributed by atoms with E-state index in [1.807, 2.05) is 6.07 Å². The van der Waals surface area contributed by atoms with Crippen LogP contribution in [0, 0.1) is 0 Å². The second-order valence-electron chi connectivity index (χ2n) is 3.43. The summed E-state index contributed by atoms with van der Waals surface area (Å²) in [6.45, 7) is 0. The van der Waals surface area contributed by atoms with E-state index in [4.69, 9.17) is 5.73 Å². The predicted molar refractivity (Wildman–Crippen MR) is 50.2 cm³/mol. The van der Waals surface area contributed by atoms with Gasteiger partial charge in [-0.2, -0.15) is 0 Å². The van der Waals surface area contributed by atoms with Gasteiger partial charge in [-0.3, -0.25) is 4.79 Å². The number of nitrogen functional groups attached to an aromatic ring is 1.